The number of amides is 1. The van der Waals surface area contributed by atoms with Crippen LogP contribution >= 0.6 is 11.8 Å². The molecule has 1 amide bonds. The molecule has 0 aliphatic carbocycles. The molecule has 5 nitrogen and oxygen atoms in total. The van der Waals surface area contributed by atoms with Gasteiger partial charge in [0.1, 0.15) is 17.2 Å². The van der Waals surface area contributed by atoms with E-state index in [9.17, 15) is 4.79 Å². The summed E-state index contributed by atoms with van der Waals surface area (Å²) < 4.78 is 0. The van der Waals surface area contributed by atoms with Gasteiger partial charge in [0.25, 0.3) is 0 Å². The van der Waals surface area contributed by atoms with Gasteiger partial charge in [0.05, 0.1) is 5.75 Å². The number of benzene rings is 1. The zero-order valence-corrected chi connectivity index (χ0v) is 16.5. The summed E-state index contributed by atoms with van der Waals surface area (Å²) in [5.74, 6) is 1.27. The van der Waals surface area contributed by atoms with Gasteiger partial charge in [-0.05, 0) is 63.3 Å². The Morgan fingerprint density at radius 1 is 1.19 bits per heavy atom. The van der Waals surface area contributed by atoms with Crippen LogP contribution in [0.15, 0.2) is 35.6 Å². The van der Waals surface area contributed by atoms with E-state index in [0.29, 0.717) is 11.8 Å². The van der Waals surface area contributed by atoms with Crippen LogP contribution in [0.2, 0.25) is 0 Å². The molecule has 1 aliphatic heterocycles. The van der Waals surface area contributed by atoms with Gasteiger partial charge in [-0.25, -0.2) is 9.97 Å². The van der Waals surface area contributed by atoms with Crippen molar-refractivity contribution in [3.8, 4) is 0 Å². The number of piperidine rings is 1. The maximum absolute atomic E-state index is 12.3. The van der Waals surface area contributed by atoms with Crippen LogP contribution in [-0.2, 0) is 4.79 Å². The lowest BCUT2D eigenvalue weighted by Crippen LogP contribution is -2.38. The van der Waals surface area contributed by atoms with E-state index in [1.807, 2.05) is 32.0 Å². The molecule has 1 fully saturated rings. The first-order valence-electron chi connectivity index (χ1n) is 9.11. The maximum Gasteiger partial charge on any atom is 0.234 e. The molecule has 2 heterocycles. The van der Waals surface area contributed by atoms with E-state index in [4.69, 9.17) is 0 Å². The van der Waals surface area contributed by atoms with Gasteiger partial charge in [-0.15, -0.1) is 0 Å². The molecule has 1 atom stereocenters. The van der Waals surface area contributed by atoms with Crippen LogP contribution in [0.1, 0.15) is 37.3 Å². The SMILES string of the molecule is Cc1cc(C)cc(NC(=O)CSc2cc(N3CCCC[C@H]3C)ncn2)c1. The maximum atomic E-state index is 12.3. The number of carbonyl (C=O) groups excluding carboxylic acids is 1. The van der Waals surface area contributed by atoms with Gasteiger partial charge in [0, 0.05) is 24.3 Å². The fraction of sp³-hybridized carbons (Fsp3) is 0.450. The number of aromatic nitrogens is 2. The fourth-order valence-electron chi connectivity index (χ4n) is 3.39. The van der Waals surface area contributed by atoms with Crippen LogP contribution in [0.3, 0.4) is 0 Å². The molecule has 138 valence electrons. The second kappa shape index (κ2) is 8.54. The van der Waals surface area contributed by atoms with Crippen molar-refractivity contribution in [2.45, 2.75) is 51.1 Å². The third-order valence-corrected chi connectivity index (χ3v) is 5.51. The minimum atomic E-state index is -0.0218. The molecule has 1 aromatic carbocycles. The molecule has 1 N–H and O–H groups in total. The number of hydrogen-bond donors (Lipinski definition) is 1. The summed E-state index contributed by atoms with van der Waals surface area (Å²) in [6, 6.07) is 8.56. The number of hydrogen-bond acceptors (Lipinski definition) is 5. The minimum Gasteiger partial charge on any atom is -0.354 e. The Kier molecular flexibility index (Phi) is 6.14. The van der Waals surface area contributed by atoms with Gasteiger partial charge in [-0.3, -0.25) is 4.79 Å². The lowest BCUT2D eigenvalue weighted by Gasteiger charge is -2.34. The average molecular weight is 371 g/mol. The lowest BCUT2D eigenvalue weighted by atomic mass is 10.0. The van der Waals surface area contributed by atoms with E-state index < -0.39 is 0 Å². The summed E-state index contributed by atoms with van der Waals surface area (Å²) in [5, 5.41) is 3.80. The van der Waals surface area contributed by atoms with E-state index in [2.05, 4.69) is 33.2 Å². The molecule has 0 spiro atoms. The van der Waals surface area contributed by atoms with Crippen LogP contribution in [-0.4, -0.2) is 34.2 Å². The van der Waals surface area contributed by atoms with Gasteiger partial charge in [-0.2, -0.15) is 0 Å². The highest BCUT2D eigenvalue weighted by atomic mass is 32.2. The fourth-order valence-corrected chi connectivity index (χ4v) is 4.05. The largest absolute Gasteiger partial charge is 0.354 e. The molecule has 3 rings (SSSR count). The van der Waals surface area contributed by atoms with Crippen molar-refractivity contribution < 1.29 is 4.79 Å². The number of aryl methyl sites for hydroxylation is 2. The van der Waals surface area contributed by atoms with Crippen molar-refractivity contribution in [3.63, 3.8) is 0 Å². The number of anilines is 2. The monoisotopic (exact) mass is 370 g/mol. The minimum absolute atomic E-state index is 0.0218. The first-order valence-corrected chi connectivity index (χ1v) is 10.1. The smallest absolute Gasteiger partial charge is 0.234 e. The van der Waals surface area contributed by atoms with Crippen molar-refractivity contribution in [2.75, 3.05) is 22.5 Å². The zero-order chi connectivity index (χ0) is 18.5. The molecule has 1 saturated heterocycles. The number of nitrogens with one attached hydrogen (secondary N) is 1. The highest BCUT2D eigenvalue weighted by Gasteiger charge is 2.20. The van der Waals surface area contributed by atoms with Crippen LogP contribution in [0.5, 0.6) is 0 Å². The molecule has 0 saturated carbocycles. The summed E-state index contributed by atoms with van der Waals surface area (Å²) in [7, 11) is 0. The van der Waals surface area contributed by atoms with Crippen LogP contribution in [0.25, 0.3) is 0 Å². The molecule has 1 aromatic heterocycles. The summed E-state index contributed by atoms with van der Waals surface area (Å²) in [4.78, 5) is 23.3. The summed E-state index contributed by atoms with van der Waals surface area (Å²) in [6.45, 7) is 7.34. The molecular weight excluding hydrogens is 344 g/mol. The highest BCUT2D eigenvalue weighted by Crippen LogP contribution is 2.25. The lowest BCUT2D eigenvalue weighted by molar-refractivity contribution is -0.113. The molecule has 0 bridgehead atoms. The summed E-state index contributed by atoms with van der Waals surface area (Å²) in [5.41, 5.74) is 3.13. The zero-order valence-electron chi connectivity index (χ0n) is 15.7. The summed E-state index contributed by atoms with van der Waals surface area (Å²) >= 11 is 1.45. The molecule has 0 unspecified atom stereocenters. The molecule has 0 radical (unpaired) electrons. The first-order chi connectivity index (χ1) is 12.5. The van der Waals surface area contributed by atoms with E-state index >= 15 is 0 Å². The van der Waals surface area contributed by atoms with Crippen molar-refractivity contribution >= 4 is 29.2 Å². The van der Waals surface area contributed by atoms with Crippen molar-refractivity contribution in [3.05, 3.63) is 41.7 Å². The molecule has 26 heavy (non-hydrogen) atoms. The van der Waals surface area contributed by atoms with Crippen molar-refractivity contribution in [2.24, 2.45) is 0 Å². The van der Waals surface area contributed by atoms with E-state index in [1.165, 1.54) is 31.0 Å². The third kappa shape index (κ3) is 4.97. The Balaban J connectivity index is 1.59. The molecule has 1 aliphatic rings. The Morgan fingerprint density at radius 3 is 2.69 bits per heavy atom. The first kappa shape index (κ1) is 18.7. The quantitative estimate of drug-likeness (QED) is 0.631. The predicted octanol–water partition coefficient (Wildman–Crippen LogP) is 4.20. The Hall–Kier alpha value is -2.08. The highest BCUT2D eigenvalue weighted by molar-refractivity contribution is 7.99. The van der Waals surface area contributed by atoms with Crippen LogP contribution in [0.4, 0.5) is 11.5 Å². The molecular formula is C20H26N4OS. The second-order valence-corrected chi connectivity index (χ2v) is 7.96. The topological polar surface area (TPSA) is 58.1 Å². The molecule has 6 heteroatoms. The van der Waals surface area contributed by atoms with E-state index in [-0.39, 0.29) is 5.91 Å². The van der Waals surface area contributed by atoms with Crippen molar-refractivity contribution in [1.29, 1.82) is 0 Å². The number of rotatable bonds is 5. The van der Waals surface area contributed by atoms with E-state index in [1.54, 1.807) is 6.33 Å². The Bertz CT molecular complexity index is 760. The Labute approximate surface area is 159 Å². The second-order valence-electron chi connectivity index (χ2n) is 6.97. The average Bonchev–Trinajstić information content (AvgIpc) is 2.60. The standard InChI is InChI=1S/C20H26N4OS/c1-14-8-15(2)10-17(9-14)23-19(25)12-26-20-11-18(21-13-22-20)24-7-5-4-6-16(24)3/h8-11,13,16H,4-7,12H2,1-3H3,(H,23,25)/t16-/m1/s1. The van der Waals surface area contributed by atoms with E-state index in [0.717, 1.165) is 34.2 Å². The van der Waals surface area contributed by atoms with Gasteiger partial charge in [0.2, 0.25) is 5.91 Å². The van der Waals surface area contributed by atoms with Gasteiger partial charge in [0.15, 0.2) is 0 Å². The number of nitrogens with zero attached hydrogens (tertiary/aromatic N) is 3. The number of thioether (sulfide) groups is 1. The van der Waals surface area contributed by atoms with Crippen molar-refractivity contribution in [1.82, 2.24) is 9.97 Å². The number of carbonyl (C=O) groups is 1. The Morgan fingerprint density at radius 2 is 1.96 bits per heavy atom. The van der Waals surface area contributed by atoms with Gasteiger partial charge >= 0.3 is 0 Å². The molecule has 2 aromatic rings. The normalized spacial score (nSPS) is 17.2. The third-order valence-electron chi connectivity index (χ3n) is 4.58. The van der Waals surface area contributed by atoms with Crippen LogP contribution in [0, 0.1) is 13.8 Å². The predicted molar refractivity (Wildman–Crippen MR) is 108 cm³/mol. The van der Waals surface area contributed by atoms with Gasteiger partial charge < -0.3 is 10.2 Å². The van der Waals surface area contributed by atoms with Gasteiger partial charge in [-0.1, -0.05) is 17.8 Å². The summed E-state index contributed by atoms with van der Waals surface area (Å²) in [6.07, 6.45) is 5.28. The van der Waals surface area contributed by atoms with Crippen LogP contribution < -0.4 is 10.2 Å².